The molecule has 0 saturated carbocycles. The lowest BCUT2D eigenvalue weighted by atomic mass is 10.3. The molecule has 0 radical (unpaired) electrons. The Labute approximate surface area is 120 Å². The summed E-state index contributed by atoms with van der Waals surface area (Å²) in [5.41, 5.74) is -0.181. The second-order valence-electron chi connectivity index (χ2n) is 3.70. The van der Waals surface area contributed by atoms with Crippen molar-refractivity contribution in [2.45, 2.75) is 6.18 Å². The van der Waals surface area contributed by atoms with E-state index >= 15 is 0 Å². The lowest BCUT2D eigenvalue weighted by molar-refractivity contribution is -0.384. The minimum absolute atomic E-state index is 0.0727. The third-order valence-corrected chi connectivity index (χ3v) is 2.39. The van der Waals surface area contributed by atoms with Crippen LogP contribution >= 0.6 is 11.6 Å². The maximum absolute atomic E-state index is 12.5. The van der Waals surface area contributed by atoms with Gasteiger partial charge in [0.05, 0.1) is 4.92 Å². The molecule has 0 bridgehead atoms. The number of hydrogen-bond donors (Lipinski definition) is 0. The molecule has 1 heterocycles. The number of halogens is 4. The first kappa shape index (κ1) is 15.0. The zero-order valence-corrected chi connectivity index (χ0v) is 10.7. The second kappa shape index (κ2) is 5.52. The summed E-state index contributed by atoms with van der Waals surface area (Å²) in [6, 6.07) is 5.73. The Morgan fingerprint density at radius 2 is 1.81 bits per heavy atom. The molecule has 0 atom stereocenters. The number of ether oxygens (including phenoxy) is 1. The predicted octanol–water partition coefficient (Wildman–Crippen LogP) is 3.85. The van der Waals surface area contributed by atoms with Crippen LogP contribution in [0.1, 0.15) is 5.82 Å². The molecule has 0 aliphatic carbocycles. The number of alkyl halides is 3. The van der Waals surface area contributed by atoms with Crippen molar-refractivity contribution < 1.29 is 22.8 Å². The fourth-order valence-corrected chi connectivity index (χ4v) is 1.51. The highest BCUT2D eigenvalue weighted by atomic mass is 35.5. The first-order valence-electron chi connectivity index (χ1n) is 5.30. The summed E-state index contributed by atoms with van der Waals surface area (Å²) in [6.45, 7) is 0. The molecule has 0 saturated heterocycles. The van der Waals surface area contributed by atoms with Crippen LogP contribution in [0, 0.1) is 10.1 Å². The normalized spacial score (nSPS) is 11.2. The van der Waals surface area contributed by atoms with E-state index in [0.717, 1.165) is 18.2 Å². The Morgan fingerprint density at radius 1 is 1.19 bits per heavy atom. The molecular weight excluding hydrogens is 315 g/mol. The number of nitro groups is 1. The summed E-state index contributed by atoms with van der Waals surface area (Å²) < 4.78 is 42.6. The molecule has 0 aliphatic heterocycles. The van der Waals surface area contributed by atoms with Crippen LogP contribution in [0.5, 0.6) is 11.6 Å². The van der Waals surface area contributed by atoms with Crippen LogP contribution in [0.15, 0.2) is 30.3 Å². The highest BCUT2D eigenvalue weighted by Crippen LogP contribution is 2.30. The minimum atomic E-state index is -4.77. The first-order chi connectivity index (χ1) is 9.75. The van der Waals surface area contributed by atoms with Crippen LogP contribution in [-0.2, 0) is 6.18 Å². The molecule has 0 aliphatic rings. The molecule has 0 unspecified atom stereocenters. The molecule has 0 fully saturated rings. The van der Waals surface area contributed by atoms with Crippen molar-refractivity contribution in [3.63, 3.8) is 0 Å². The molecule has 2 aromatic rings. The fraction of sp³-hybridized carbons (Fsp3) is 0.0909. The van der Waals surface area contributed by atoms with Crippen molar-refractivity contribution in [2.24, 2.45) is 0 Å². The van der Waals surface area contributed by atoms with Gasteiger partial charge in [0.2, 0.25) is 11.7 Å². The first-order valence-corrected chi connectivity index (χ1v) is 5.67. The van der Waals surface area contributed by atoms with E-state index in [2.05, 4.69) is 9.97 Å². The summed E-state index contributed by atoms with van der Waals surface area (Å²) in [6.07, 6.45) is -4.77. The average Bonchev–Trinajstić information content (AvgIpc) is 2.37. The number of non-ortho nitro benzene ring substituents is 1. The highest BCUT2D eigenvalue weighted by molar-refractivity contribution is 6.29. The smallest absolute Gasteiger partial charge is 0.439 e. The van der Waals surface area contributed by atoms with Crippen LogP contribution in [0.4, 0.5) is 18.9 Å². The van der Waals surface area contributed by atoms with E-state index in [4.69, 9.17) is 16.3 Å². The quantitative estimate of drug-likeness (QED) is 0.488. The minimum Gasteiger partial charge on any atom is -0.439 e. The van der Waals surface area contributed by atoms with Gasteiger partial charge in [-0.25, -0.2) is 4.98 Å². The van der Waals surface area contributed by atoms with Crippen molar-refractivity contribution in [2.75, 3.05) is 0 Å². The van der Waals surface area contributed by atoms with Gasteiger partial charge in [-0.3, -0.25) is 10.1 Å². The Hall–Kier alpha value is -2.42. The van der Waals surface area contributed by atoms with Gasteiger partial charge in [-0.2, -0.15) is 18.2 Å². The van der Waals surface area contributed by atoms with E-state index in [9.17, 15) is 23.3 Å². The second-order valence-corrected chi connectivity index (χ2v) is 4.09. The number of hydrogen-bond acceptors (Lipinski definition) is 5. The molecule has 2 rings (SSSR count). The lowest BCUT2D eigenvalue weighted by Gasteiger charge is -2.08. The monoisotopic (exact) mass is 319 g/mol. The summed E-state index contributed by atoms with van der Waals surface area (Å²) >= 11 is 5.47. The third-order valence-electron chi connectivity index (χ3n) is 2.19. The Kier molecular flexibility index (Phi) is 3.94. The van der Waals surface area contributed by atoms with Crippen LogP contribution in [0.2, 0.25) is 5.15 Å². The summed E-state index contributed by atoms with van der Waals surface area (Å²) in [7, 11) is 0. The molecule has 10 heteroatoms. The molecule has 0 spiro atoms. The van der Waals surface area contributed by atoms with E-state index < -0.39 is 28.0 Å². The molecule has 1 aromatic heterocycles. The van der Waals surface area contributed by atoms with Gasteiger partial charge < -0.3 is 4.74 Å². The van der Waals surface area contributed by atoms with Gasteiger partial charge in [0.15, 0.2) is 0 Å². The van der Waals surface area contributed by atoms with Gasteiger partial charge in [-0.1, -0.05) is 11.6 Å². The lowest BCUT2D eigenvalue weighted by Crippen LogP contribution is -2.11. The zero-order valence-electron chi connectivity index (χ0n) is 9.96. The largest absolute Gasteiger partial charge is 0.451 e. The van der Waals surface area contributed by atoms with Crippen LogP contribution in [0.25, 0.3) is 0 Å². The predicted molar refractivity (Wildman–Crippen MR) is 65.2 cm³/mol. The van der Waals surface area contributed by atoms with Crippen LogP contribution < -0.4 is 4.74 Å². The van der Waals surface area contributed by atoms with E-state index in [0.29, 0.717) is 0 Å². The number of rotatable bonds is 3. The number of aromatic nitrogens is 2. The average molecular weight is 320 g/mol. The number of nitro benzene ring substituents is 1. The van der Waals surface area contributed by atoms with Crippen molar-refractivity contribution in [3.05, 3.63) is 51.4 Å². The Balaban J connectivity index is 2.27. The number of nitrogens with zero attached hydrogens (tertiary/aromatic N) is 3. The SMILES string of the molecule is O=[N+]([O-])c1ccc(Oc2cc(Cl)nc(C(F)(F)F)n2)cc1. The van der Waals surface area contributed by atoms with Gasteiger partial charge in [0.1, 0.15) is 10.9 Å². The van der Waals surface area contributed by atoms with E-state index in [1.807, 2.05) is 0 Å². The van der Waals surface area contributed by atoms with Gasteiger partial charge in [0.25, 0.3) is 5.69 Å². The van der Waals surface area contributed by atoms with E-state index in [-0.39, 0.29) is 11.4 Å². The molecule has 21 heavy (non-hydrogen) atoms. The van der Waals surface area contributed by atoms with Gasteiger partial charge in [0, 0.05) is 18.2 Å². The molecule has 6 nitrogen and oxygen atoms in total. The molecule has 0 amide bonds. The highest BCUT2D eigenvalue weighted by Gasteiger charge is 2.35. The standard InChI is InChI=1S/C11H5ClF3N3O3/c12-8-5-9(17-10(16-8)11(13,14)15)21-7-3-1-6(2-4-7)18(19)20/h1-5H. The van der Waals surface area contributed by atoms with Crippen molar-refractivity contribution >= 4 is 17.3 Å². The van der Waals surface area contributed by atoms with E-state index in [1.165, 1.54) is 12.1 Å². The Bertz CT molecular complexity index is 677. The van der Waals surface area contributed by atoms with Gasteiger partial charge >= 0.3 is 6.18 Å². The van der Waals surface area contributed by atoms with Gasteiger partial charge in [-0.05, 0) is 12.1 Å². The third kappa shape index (κ3) is 3.78. The van der Waals surface area contributed by atoms with Crippen LogP contribution in [-0.4, -0.2) is 14.9 Å². The maximum Gasteiger partial charge on any atom is 0.451 e. The van der Waals surface area contributed by atoms with Gasteiger partial charge in [-0.15, -0.1) is 0 Å². The fourth-order valence-electron chi connectivity index (χ4n) is 1.33. The summed E-state index contributed by atoms with van der Waals surface area (Å²) in [5.74, 6) is -1.79. The zero-order chi connectivity index (χ0) is 15.6. The summed E-state index contributed by atoms with van der Waals surface area (Å²) in [4.78, 5) is 16.1. The molecular formula is C11H5ClF3N3O3. The molecule has 110 valence electrons. The number of benzene rings is 1. The molecule has 1 aromatic carbocycles. The van der Waals surface area contributed by atoms with Crippen molar-refractivity contribution in [3.8, 4) is 11.6 Å². The van der Waals surface area contributed by atoms with Crippen LogP contribution in [0.3, 0.4) is 0 Å². The summed E-state index contributed by atoms with van der Waals surface area (Å²) in [5, 5.41) is 10.0. The maximum atomic E-state index is 12.5. The Morgan fingerprint density at radius 3 is 2.33 bits per heavy atom. The van der Waals surface area contributed by atoms with Crippen molar-refractivity contribution in [1.29, 1.82) is 0 Å². The molecule has 0 N–H and O–H groups in total. The van der Waals surface area contributed by atoms with E-state index in [1.54, 1.807) is 0 Å². The topological polar surface area (TPSA) is 78.2 Å². The van der Waals surface area contributed by atoms with Crippen molar-refractivity contribution in [1.82, 2.24) is 9.97 Å².